The van der Waals surface area contributed by atoms with Gasteiger partial charge >= 0.3 is 0 Å². The van der Waals surface area contributed by atoms with Gasteiger partial charge in [0.15, 0.2) is 9.84 Å². The summed E-state index contributed by atoms with van der Waals surface area (Å²) in [5.41, 5.74) is 1.74. The molecule has 2 heterocycles. The number of sulfone groups is 1. The number of rotatable bonds is 4. The Balaban J connectivity index is 1.96. The number of aromatic nitrogens is 2. The summed E-state index contributed by atoms with van der Waals surface area (Å²) in [7, 11) is -7.27. The van der Waals surface area contributed by atoms with Crippen molar-refractivity contribution in [3.05, 3.63) is 47.3 Å². The Bertz CT molecular complexity index is 1060. The lowest BCUT2D eigenvalue weighted by molar-refractivity contribution is 0.427. The standard InChI is InChI=1S/C19H27N3O4S2/c1-14(2)22-16(4)19(15(3)20-22)28(25,26)21-11-10-18(27(23,24)13-12-21)17-8-6-5-7-9-17/h5-9,14,18H,10-13H2,1-4H3. The molecule has 1 saturated heterocycles. The van der Waals surface area contributed by atoms with Crippen molar-refractivity contribution in [1.29, 1.82) is 0 Å². The summed E-state index contributed by atoms with van der Waals surface area (Å²) in [5, 5.41) is 3.69. The lowest BCUT2D eigenvalue weighted by Gasteiger charge is -2.20. The van der Waals surface area contributed by atoms with E-state index in [1.165, 1.54) is 4.31 Å². The van der Waals surface area contributed by atoms with Gasteiger partial charge in [0.05, 0.1) is 22.4 Å². The minimum atomic E-state index is -3.83. The molecule has 2 aromatic rings. The molecule has 1 atom stereocenters. The molecule has 0 saturated carbocycles. The minimum absolute atomic E-state index is 0.0367. The number of hydrogen-bond acceptors (Lipinski definition) is 5. The van der Waals surface area contributed by atoms with Crippen LogP contribution in [0.3, 0.4) is 0 Å². The zero-order chi connectivity index (χ0) is 20.7. The highest BCUT2D eigenvalue weighted by molar-refractivity contribution is 7.92. The van der Waals surface area contributed by atoms with Crippen LogP contribution in [0.1, 0.15) is 48.5 Å². The molecule has 1 aliphatic heterocycles. The second kappa shape index (κ2) is 7.61. The van der Waals surface area contributed by atoms with Crippen LogP contribution in [-0.4, -0.2) is 49.8 Å². The van der Waals surface area contributed by atoms with Gasteiger partial charge in [-0.1, -0.05) is 30.3 Å². The third-order valence-electron chi connectivity index (χ3n) is 5.22. The number of nitrogens with zero attached hydrogens (tertiary/aromatic N) is 3. The molecule has 1 aromatic heterocycles. The predicted octanol–water partition coefficient (Wildman–Crippen LogP) is 2.63. The van der Waals surface area contributed by atoms with Gasteiger partial charge in [0.2, 0.25) is 10.0 Å². The SMILES string of the molecule is Cc1nn(C(C)C)c(C)c1S(=O)(=O)N1CCC(c2ccccc2)S(=O)(=O)CC1. The number of aryl methyl sites for hydroxylation is 1. The molecular weight excluding hydrogens is 398 g/mol. The highest BCUT2D eigenvalue weighted by Gasteiger charge is 2.37. The van der Waals surface area contributed by atoms with Crippen LogP contribution in [0.4, 0.5) is 0 Å². The maximum Gasteiger partial charge on any atom is 0.246 e. The molecule has 0 bridgehead atoms. The number of benzene rings is 1. The van der Waals surface area contributed by atoms with Crippen molar-refractivity contribution >= 4 is 19.9 Å². The molecule has 154 valence electrons. The van der Waals surface area contributed by atoms with Gasteiger partial charge in [0.25, 0.3) is 0 Å². The summed E-state index contributed by atoms with van der Waals surface area (Å²) in [6.07, 6.45) is 0.238. The highest BCUT2D eigenvalue weighted by atomic mass is 32.2. The first-order valence-electron chi connectivity index (χ1n) is 9.38. The van der Waals surface area contributed by atoms with E-state index in [2.05, 4.69) is 5.10 Å². The fourth-order valence-electron chi connectivity index (χ4n) is 3.86. The van der Waals surface area contributed by atoms with E-state index >= 15 is 0 Å². The fraction of sp³-hybridized carbons (Fsp3) is 0.526. The summed E-state index contributed by atoms with van der Waals surface area (Å²) in [5.74, 6) is -0.192. The van der Waals surface area contributed by atoms with Gasteiger partial charge in [0, 0.05) is 19.1 Å². The van der Waals surface area contributed by atoms with Crippen LogP contribution >= 0.6 is 0 Å². The molecule has 0 N–H and O–H groups in total. The zero-order valence-electron chi connectivity index (χ0n) is 16.7. The van der Waals surface area contributed by atoms with Gasteiger partial charge in [-0.3, -0.25) is 4.68 Å². The van der Waals surface area contributed by atoms with Gasteiger partial charge in [-0.05, 0) is 39.7 Å². The van der Waals surface area contributed by atoms with Gasteiger partial charge < -0.3 is 0 Å². The topological polar surface area (TPSA) is 89.3 Å². The second-order valence-corrected chi connectivity index (χ2v) is 11.7. The number of sulfonamides is 1. The van der Waals surface area contributed by atoms with Gasteiger partial charge in [-0.2, -0.15) is 9.40 Å². The Morgan fingerprint density at radius 2 is 1.75 bits per heavy atom. The average molecular weight is 426 g/mol. The van der Waals surface area contributed by atoms with E-state index in [4.69, 9.17) is 0 Å². The lowest BCUT2D eigenvalue weighted by Crippen LogP contribution is -2.34. The Hall–Kier alpha value is -1.71. The van der Waals surface area contributed by atoms with Crippen molar-refractivity contribution < 1.29 is 16.8 Å². The van der Waals surface area contributed by atoms with Gasteiger partial charge in [0.1, 0.15) is 4.90 Å². The molecule has 0 amide bonds. The highest BCUT2D eigenvalue weighted by Crippen LogP contribution is 2.32. The molecule has 0 spiro atoms. The molecule has 0 radical (unpaired) electrons. The van der Waals surface area contributed by atoms with Gasteiger partial charge in [-0.15, -0.1) is 0 Å². The van der Waals surface area contributed by atoms with Crippen molar-refractivity contribution in [3.63, 3.8) is 0 Å². The van der Waals surface area contributed by atoms with E-state index in [1.807, 2.05) is 19.9 Å². The quantitative estimate of drug-likeness (QED) is 0.751. The molecule has 28 heavy (non-hydrogen) atoms. The molecule has 1 fully saturated rings. The molecular formula is C19H27N3O4S2. The zero-order valence-corrected chi connectivity index (χ0v) is 18.3. The first-order valence-corrected chi connectivity index (χ1v) is 12.5. The van der Waals surface area contributed by atoms with Crippen LogP contribution in [0.25, 0.3) is 0 Å². The summed E-state index contributed by atoms with van der Waals surface area (Å²) in [4.78, 5) is 0.191. The summed E-state index contributed by atoms with van der Waals surface area (Å²) in [6.45, 7) is 7.43. The second-order valence-electron chi connectivity index (χ2n) is 7.50. The molecule has 0 aliphatic carbocycles. The maximum atomic E-state index is 13.3. The molecule has 7 nitrogen and oxygen atoms in total. The average Bonchev–Trinajstić information content (AvgIpc) is 2.82. The van der Waals surface area contributed by atoms with Crippen LogP contribution in [0.5, 0.6) is 0 Å². The van der Waals surface area contributed by atoms with E-state index < -0.39 is 25.1 Å². The van der Waals surface area contributed by atoms with Crippen LogP contribution in [-0.2, 0) is 19.9 Å². The largest absolute Gasteiger partial charge is 0.266 e. The molecule has 1 unspecified atom stereocenters. The summed E-state index contributed by atoms with van der Waals surface area (Å²) in [6, 6.07) is 9.05. The number of hydrogen-bond donors (Lipinski definition) is 0. The smallest absolute Gasteiger partial charge is 0.246 e. The van der Waals surface area contributed by atoms with Crippen LogP contribution in [0, 0.1) is 13.8 Å². The van der Waals surface area contributed by atoms with Gasteiger partial charge in [-0.25, -0.2) is 16.8 Å². The Morgan fingerprint density at radius 3 is 2.32 bits per heavy atom. The van der Waals surface area contributed by atoms with E-state index in [1.54, 1.807) is 42.8 Å². The molecule has 3 rings (SSSR count). The van der Waals surface area contributed by atoms with Crippen LogP contribution in [0.15, 0.2) is 35.2 Å². The maximum absolute atomic E-state index is 13.3. The summed E-state index contributed by atoms with van der Waals surface area (Å²) < 4.78 is 55.3. The van der Waals surface area contributed by atoms with Crippen molar-refractivity contribution in [1.82, 2.24) is 14.1 Å². The van der Waals surface area contributed by atoms with Crippen molar-refractivity contribution in [2.24, 2.45) is 0 Å². The molecule has 9 heteroatoms. The van der Waals surface area contributed by atoms with Crippen molar-refractivity contribution in [3.8, 4) is 0 Å². The Morgan fingerprint density at radius 1 is 1.11 bits per heavy atom. The normalized spacial score (nSPS) is 21.0. The van der Waals surface area contributed by atoms with Crippen LogP contribution in [0.2, 0.25) is 0 Å². The van der Waals surface area contributed by atoms with Crippen molar-refractivity contribution in [2.45, 2.75) is 50.3 Å². The van der Waals surface area contributed by atoms with E-state index in [-0.39, 0.29) is 36.2 Å². The molecule has 1 aliphatic rings. The van der Waals surface area contributed by atoms with E-state index in [0.29, 0.717) is 17.0 Å². The first kappa shape index (κ1) is 21.0. The van der Waals surface area contributed by atoms with E-state index in [9.17, 15) is 16.8 Å². The monoisotopic (exact) mass is 425 g/mol. The molecule has 1 aromatic carbocycles. The Labute approximate surface area is 167 Å². The van der Waals surface area contributed by atoms with E-state index in [0.717, 1.165) is 0 Å². The first-order chi connectivity index (χ1) is 13.1. The lowest BCUT2D eigenvalue weighted by atomic mass is 10.1. The summed E-state index contributed by atoms with van der Waals surface area (Å²) >= 11 is 0. The van der Waals surface area contributed by atoms with Crippen LogP contribution < -0.4 is 0 Å². The Kier molecular flexibility index (Phi) is 5.71. The van der Waals surface area contributed by atoms with Crippen molar-refractivity contribution in [2.75, 3.05) is 18.8 Å². The fourth-order valence-corrected chi connectivity index (χ4v) is 7.59. The predicted molar refractivity (Wildman–Crippen MR) is 108 cm³/mol. The third kappa shape index (κ3) is 3.75. The minimum Gasteiger partial charge on any atom is -0.266 e. The third-order valence-corrected chi connectivity index (χ3v) is 9.49.